The van der Waals surface area contributed by atoms with E-state index in [9.17, 15) is 4.79 Å². The Morgan fingerprint density at radius 3 is 3.05 bits per heavy atom. The lowest BCUT2D eigenvalue weighted by atomic mass is 10.2. The number of carbonyl (C=O) groups is 1. The molecule has 3 rings (SSSR count). The highest BCUT2D eigenvalue weighted by atomic mass is 32.1. The summed E-state index contributed by atoms with van der Waals surface area (Å²) in [7, 11) is 1.57. The Kier molecular flexibility index (Phi) is 3.81. The largest absolute Gasteiger partial charge is 0.481 e. The van der Waals surface area contributed by atoms with Crippen molar-refractivity contribution in [2.45, 2.75) is 20.4 Å². The fraction of sp³-hybridized carbons (Fsp3) is 0.267. The Hall–Kier alpha value is -2.41. The van der Waals surface area contributed by atoms with Crippen molar-refractivity contribution >= 4 is 22.2 Å². The van der Waals surface area contributed by atoms with Crippen LogP contribution in [-0.4, -0.2) is 27.4 Å². The normalized spacial score (nSPS) is 10.9. The van der Waals surface area contributed by atoms with Gasteiger partial charge in [0.15, 0.2) is 4.96 Å². The summed E-state index contributed by atoms with van der Waals surface area (Å²) in [5, 5.41) is 2.92. The van der Waals surface area contributed by atoms with E-state index in [4.69, 9.17) is 4.74 Å². The SMILES string of the molecule is COc1cc(CNC(=O)c2c(C)nc3sc(C)cn23)ccn1. The molecule has 0 saturated carbocycles. The molecule has 0 aliphatic heterocycles. The first-order chi connectivity index (χ1) is 10.6. The average Bonchev–Trinajstić information content (AvgIpc) is 2.99. The minimum atomic E-state index is -0.140. The molecule has 1 N–H and O–H groups in total. The highest BCUT2D eigenvalue weighted by Crippen LogP contribution is 2.20. The van der Waals surface area contributed by atoms with Gasteiger partial charge in [-0.1, -0.05) is 0 Å². The van der Waals surface area contributed by atoms with Crippen LogP contribution < -0.4 is 10.1 Å². The summed E-state index contributed by atoms with van der Waals surface area (Å²) >= 11 is 1.57. The standard InChI is InChI=1S/C15H16N4O2S/c1-9-8-19-13(10(2)18-15(19)22-9)14(20)17-7-11-4-5-16-12(6-11)21-3/h4-6,8H,7H2,1-3H3,(H,17,20). The van der Waals surface area contributed by atoms with E-state index in [0.29, 0.717) is 18.1 Å². The second kappa shape index (κ2) is 5.76. The Morgan fingerprint density at radius 2 is 2.27 bits per heavy atom. The zero-order chi connectivity index (χ0) is 15.7. The molecule has 3 aromatic heterocycles. The Morgan fingerprint density at radius 1 is 1.45 bits per heavy atom. The second-order valence-corrected chi connectivity index (χ2v) is 6.14. The number of aryl methyl sites for hydroxylation is 2. The van der Waals surface area contributed by atoms with E-state index in [1.54, 1.807) is 30.7 Å². The number of methoxy groups -OCH3 is 1. The van der Waals surface area contributed by atoms with Crippen molar-refractivity contribution in [3.63, 3.8) is 0 Å². The van der Waals surface area contributed by atoms with Gasteiger partial charge in [0.1, 0.15) is 5.69 Å². The number of ether oxygens (including phenoxy) is 1. The van der Waals surface area contributed by atoms with Crippen LogP contribution in [0.2, 0.25) is 0 Å². The van der Waals surface area contributed by atoms with Crippen LogP contribution in [0, 0.1) is 13.8 Å². The van der Waals surface area contributed by atoms with Gasteiger partial charge < -0.3 is 10.1 Å². The molecule has 0 aliphatic carbocycles. The van der Waals surface area contributed by atoms with Gasteiger partial charge in [0.25, 0.3) is 5.91 Å². The topological polar surface area (TPSA) is 68.5 Å². The van der Waals surface area contributed by atoms with Crippen molar-refractivity contribution in [1.29, 1.82) is 0 Å². The predicted molar refractivity (Wildman–Crippen MR) is 84.5 cm³/mol. The van der Waals surface area contributed by atoms with Crippen LogP contribution >= 0.6 is 11.3 Å². The van der Waals surface area contributed by atoms with E-state index < -0.39 is 0 Å². The van der Waals surface area contributed by atoms with E-state index in [1.165, 1.54) is 0 Å². The number of imidazole rings is 1. The molecule has 3 aromatic rings. The van der Waals surface area contributed by atoms with Gasteiger partial charge in [-0.05, 0) is 25.5 Å². The first-order valence-electron chi connectivity index (χ1n) is 6.80. The molecule has 6 nitrogen and oxygen atoms in total. The summed E-state index contributed by atoms with van der Waals surface area (Å²) in [6.07, 6.45) is 3.59. The minimum Gasteiger partial charge on any atom is -0.481 e. The number of rotatable bonds is 4. The summed E-state index contributed by atoms with van der Waals surface area (Å²) in [5.41, 5.74) is 2.25. The lowest BCUT2D eigenvalue weighted by Crippen LogP contribution is -2.24. The third kappa shape index (κ3) is 2.67. The van der Waals surface area contributed by atoms with E-state index in [0.717, 1.165) is 21.1 Å². The van der Waals surface area contributed by atoms with Crippen molar-refractivity contribution in [2.75, 3.05) is 7.11 Å². The maximum atomic E-state index is 12.5. The fourth-order valence-corrected chi connectivity index (χ4v) is 3.15. The van der Waals surface area contributed by atoms with Crippen molar-refractivity contribution in [3.8, 4) is 5.88 Å². The van der Waals surface area contributed by atoms with E-state index in [2.05, 4.69) is 15.3 Å². The van der Waals surface area contributed by atoms with Crippen molar-refractivity contribution < 1.29 is 9.53 Å². The van der Waals surface area contributed by atoms with Crippen LogP contribution in [-0.2, 0) is 6.54 Å². The van der Waals surface area contributed by atoms with Crippen molar-refractivity contribution in [2.24, 2.45) is 0 Å². The molecule has 0 aromatic carbocycles. The molecule has 3 heterocycles. The van der Waals surface area contributed by atoms with Crippen molar-refractivity contribution in [3.05, 3.63) is 46.4 Å². The third-order valence-electron chi connectivity index (χ3n) is 3.29. The highest BCUT2D eigenvalue weighted by Gasteiger charge is 2.17. The second-order valence-electron chi connectivity index (χ2n) is 4.93. The Labute approximate surface area is 131 Å². The molecule has 22 heavy (non-hydrogen) atoms. The average molecular weight is 316 g/mol. The first kappa shape index (κ1) is 14.5. The number of thiazole rings is 1. The molecular formula is C15H16N4O2S. The number of nitrogens with zero attached hydrogens (tertiary/aromatic N) is 3. The molecule has 0 bridgehead atoms. The number of nitrogens with one attached hydrogen (secondary N) is 1. The molecule has 1 amide bonds. The van der Waals surface area contributed by atoms with Gasteiger partial charge in [0, 0.05) is 29.9 Å². The summed E-state index contributed by atoms with van der Waals surface area (Å²) in [5.74, 6) is 0.390. The van der Waals surface area contributed by atoms with Crippen LogP contribution in [0.25, 0.3) is 4.96 Å². The van der Waals surface area contributed by atoms with Gasteiger partial charge in [-0.3, -0.25) is 9.20 Å². The van der Waals surface area contributed by atoms with Crippen LogP contribution in [0.1, 0.15) is 26.6 Å². The molecule has 7 heteroatoms. The molecule has 114 valence electrons. The lowest BCUT2D eigenvalue weighted by molar-refractivity contribution is 0.0944. The molecule has 0 spiro atoms. The number of aromatic nitrogens is 3. The minimum absolute atomic E-state index is 0.140. The summed E-state index contributed by atoms with van der Waals surface area (Å²) in [6.45, 7) is 4.26. The molecule has 0 fully saturated rings. The molecule has 0 radical (unpaired) electrons. The monoisotopic (exact) mass is 316 g/mol. The number of hydrogen-bond donors (Lipinski definition) is 1. The van der Waals surface area contributed by atoms with Gasteiger partial charge >= 0.3 is 0 Å². The summed E-state index contributed by atoms with van der Waals surface area (Å²) < 4.78 is 6.92. The lowest BCUT2D eigenvalue weighted by Gasteiger charge is -2.06. The van der Waals surface area contributed by atoms with Gasteiger partial charge in [-0.15, -0.1) is 11.3 Å². The molecular weight excluding hydrogens is 300 g/mol. The van der Waals surface area contributed by atoms with Crippen LogP contribution in [0.3, 0.4) is 0 Å². The van der Waals surface area contributed by atoms with Crippen molar-refractivity contribution in [1.82, 2.24) is 19.7 Å². The molecule has 0 aliphatic rings. The molecule has 0 saturated heterocycles. The number of fused-ring (bicyclic) bond motifs is 1. The third-order valence-corrected chi connectivity index (χ3v) is 4.19. The summed E-state index contributed by atoms with van der Waals surface area (Å²) in [6, 6.07) is 3.64. The van der Waals surface area contributed by atoms with Crippen LogP contribution in [0.5, 0.6) is 5.88 Å². The maximum Gasteiger partial charge on any atom is 0.270 e. The van der Waals surface area contributed by atoms with E-state index >= 15 is 0 Å². The predicted octanol–water partition coefficient (Wildman–Crippen LogP) is 2.35. The summed E-state index contributed by atoms with van der Waals surface area (Å²) in [4.78, 5) is 22.9. The number of pyridine rings is 1. The van der Waals surface area contributed by atoms with E-state index in [-0.39, 0.29) is 5.91 Å². The molecule has 0 unspecified atom stereocenters. The zero-order valence-electron chi connectivity index (χ0n) is 12.6. The Bertz CT molecular complexity index is 837. The number of amides is 1. The fourth-order valence-electron chi connectivity index (χ4n) is 2.28. The van der Waals surface area contributed by atoms with E-state index in [1.807, 2.05) is 30.5 Å². The number of hydrogen-bond acceptors (Lipinski definition) is 5. The molecule has 0 atom stereocenters. The number of carbonyl (C=O) groups excluding carboxylic acids is 1. The van der Waals surface area contributed by atoms with Gasteiger partial charge in [-0.2, -0.15) is 0 Å². The smallest absolute Gasteiger partial charge is 0.270 e. The van der Waals surface area contributed by atoms with Gasteiger partial charge in [0.2, 0.25) is 5.88 Å². The van der Waals surface area contributed by atoms with Crippen LogP contribution in [0.4, 0.5) is 0 Å². The quantitative estimate of drug-likeness (QED) is 0.802. The zero-order valence-corrected chi connectivity index (χ0v) is 13.4. The highest BCUT2D eigenvalue weighted by molar-refractivity contribution is 7.17. The van der Waals surface area contributed by atoms with Gasteiger partial charge in [0.05, 0.1) is 12.8 Å². The Balaban J connectivity index is 1.79. The van der Waals surface area contributed by atoms with Crippen LogP contribution in [0.15, 0.2) is 24.5 Å². The van der Waals surface area contributed by atoms with Gasteiger partial charge in [-0.25, -0.2) is 9.97 Å². The first-order valence-corrected chi connectivity index (χ1v) is 7.62. The maximum absolute atomic E-state index is 12.5.